The highest BCUT2D eigenvalue weighted by Gasteiger charge is 2.28. The van der Waals surface area contributed by atoms with Crippen LogP contribution in [0, 0.1) is 0 Å². The number of nitrogens with one attached hydrogen (secondary N) is 1. The van der Waals surface area contributed by atoms with Crippen molar-refractivity contribution in [2.45, 2.75) is 57.6 Å². The Balaban J connectivity index is 0.000000810. The fraction of sp³-hybridized carbons (Fsp3) is 0.440. The zero-order chi connectivity index (χ0) is 29.3. The summed E-state index contributed by atoms with van der Waals surface area (Å²) < 4.78 is 20.5. The minimum Gasteiger partial charge on any atom is -0.465 e. The van der Waals surface area contributed by atoms with Crippen LogP contribution < -0.4 is 10.5 Å². The first kappa shape index (κ1) is 30.9. The van der Waals surface area contributed by atoms with Gasteiger partial charge in [-0.25, -0.2) is 19.7 Å². The second-order valence-corrected chi connectivity index (χ2v) is 9.86. The number of aromatic nitrogens is 4. The van der Waals surface area contributed by atoms with Gasteiger partial charge in [-0.3, -0.25) is 23.1 Å². The number of nitrogens with two attached hydrogens (primary N) is 1. The van der Waals surface area contributed by atoms with Crippen molar-refractivity contribution in [1.29, 1.82) is 0 Å². The largest absolute Gasteiger partial charge is 0.465 e. The van der Waals surface area contributed by atoms with E-state index in [1.807, 2.05) is 4.57 Å². The van der Waals surface area contributed by atoms with Gasteiger partial charge in [-0.1, -0.05) is 12.1 Å². The van der Waals surface area contributed by atoms with E-state index >= 15 is 0 Å². The number of methoxy groups -OCH3 is 1. The van der Waals surface area contributed by atoms with E-state index in [4.69, 9.17) is 24.9 Å². The van der Waals surface area contributed by atoms with E-state index in [0.29, 0.717) is 22.5 Å². The number of carbonyl (C=O) groups excluding carboxylic acids is 3. The van der Waals surface area contributed by atoms with Gasteiger partial charge in [-0.2, -0.15) is 0 Å². The second kappa shape index (κ2) is 14.1. The first-order valence-corrected chi connectivity index (χ1v) is 13.0. The number of benzene rings is 1. The summed E-state index contributed by atoms with van der Waals surface area (Å²) >= 11 is 0.800. The van der Waals surface area contributed by atoms with E-state index in [0.717, 1.165) is 25.1 Å². The van der Waals surface area contributed by atoms with Crippen LogP contribution in [-0.2, 0) is 18.5 Å². The van der Waals surface area contributed by atoms with Crippen LogP contribution in [0.5, 0.6) is 0 Å². The Morgan fingerprint density at radius 2 is 1.90 bits per heavy atom. The number of nitrogen functional groups attached to an aromatic ring is 1. The fourth-order valence-electron chi connectivity index (χ4n) is 3.64. The Bertz CT molecular complexity index is 1320. The van der Waals surface area contributed by atoms with E-state index < -0.39 is 11.8 Å². The molecule has 1 aliphatic rings. The highest BCUT2D eigenvalue weighted by Crippen LogP contribution is 2.31. The topological polar surface area (TPSA) is 201 Å². The van der Waals surface area contributed by atoms with Gasteiger partial charge >= 0.3 is 5.97 Å². The number of hydrogen-bond acceptors (Lipinski definition) is 13. The van der Waals surface area contributed by atoms with Gasteiger partial charge in [0.1, 0.15) is 30.3 Å². The zero-order valence-corrected chi connectivity index (χ0v) is 23.1. The number of carbonyl (C=O) groups is 3. The summed E-state index contributed by atoms with van der Waals surface area (Å²) in [5, 5.41) is 16.2. The number of nitrogens with zero attached hydrogens (tertiary/aromatic N) is 4. The lowest BCUT2D eigenvalue weighted by molar-refractivity contribution is -0.127. The molecule has 1 saturated heterocycles. The predicted molar refractivity (Wildman–Crippen MR) is 144 cm³/mol. The van der Waals surface area contributed by atoms with Gasteiger partial charge in [0.2, 0.25) is 5.91 Å². The highest BCUT2D eigenvalue weighted by atomic mass is 32.2. The van der Waals surface area contributed by atoms with Crippen molar-refractivity contribution in [3.05, 3.63) is 48.0 Å². The number of hydrogen-bond donors (Lipinski definition) is 4. The molecule has 0 bridgehead atoms. The van der Waals surface area contributed by atoms with E-state index in [1.165, 1.54) is 33.4 Å². The molecule has 3 heterocycles. The maximum Gasteiger partial charge on any atom is 0.337 e. The van der Waals surface area contributed by atoms with Crippen LogP contribution in [0.1, 0.15) is 66.5 Å². The Morgan fingerprint density at radius 3 is 2.62 bits per heavy atom. The molecule has 2 unspecified atom stereocenters. The van der Waals surface area contributed by atoms with E-state index in [1.54, 1.807) is 24.5 Å². The maximum absolute atomic E-state index is 12.3. The first-order valence-electron chi connectivity index (χ1n) is 12.3. The number of anilines is 1. The monoisotopic (exact) mass is 576 g/mol. The number of ketones is 1. The molecule has 1 amide bonds. The van der Waals surface area contributed by atoms with Crippen molar-refractivity contribution in [3.63, 3.8) is 0 Å². The molecular weight excluding hydrogens is 544 g/mol. The minimum absolute atomic E-state index is 0.00261. The lowest BCUT2D eigenvalue weighted by atomic mass is 10.0. The number of ether oxygens (including phenoxy) is 2. The van der Waals surface area contributed by atoms with Crippen molar-refractivity contribution in [2.75, 3.05) is 19.5 Å². The third-order valence-electron chi connectivity index (χ3n) is 5.44. The minimum atomic E-state index is -1.50. The van der Waals surface area contributed by atoms with Gasteiger partial charge in [0.05, 0.1) is 31.7 Å². The lowest BCUT2D eigenvalue weighted by Crippen LogP contribution is -2.20. The van der Waals surface area contributed by atoms with Crippen molar-refractivity contribution in [3.8, 4) is 0 Å². The summed E-state index contributed by atoms with van der Waals surface area (Å²) in [4.78, 5) is 48.4. The van der Waals surface area contributed by atoms with E-state index in [-0.39, 0.29) is 49.0 Å². The number of esters is 1. The molecule has 0 saturated carbocycles. The summed E-state index contributed by atoms with van der Waals surface area (Å²) in [6.45, 7) is 2.87. The Morgan fingerprint density at radius 1 is 1.18 bits per heavy atom. The molecule has 15 heteroatoms. The number of Topliss-reactive ketones (excluding diaryl/α,β-unsaturated/α-hetero) is 1. The van der Waals surface area contributed by atoms with E-state index in [9.17, 15) is 14.4 Å². The quantitative estimate of drug-likeness (QED) is 0.0682. The molecule has 3 aromatic rings. The Hall–Kier alpha value is -3.63. The number of aliphatic hydroxyl groups is 2. The molecule has 5 N–H and O–H groups in total. The molecule has 14 nitrogen and oxygen atoms in total. The van der Waals surface area contributed by atoms with Gasteiger partial charge in [-0.15, -0.1) is 0 Å². The molecule has 4 rings (SSSR count). The zero-order valence-electron chi connectivity index (χ0n) is 22.3. The molecule has 2 atom stereocenters. The maximum atomic E-state index is 12.3. The molecular formula is C25H32N6O8S. The SMILES string of the molecule is CC(C)(O)O.COC(=O)c1cccc(C(=O)CCC(=O)NSOCC2CCC(n3cnc4c(N)ncnc43)O2)c1. The summed E-state index contributed by atoms with van der Waals surface area (Å²) in [5.41, 5.74) is 7.59. The molecule has 1 aliphatic heterocycles. The van der Waals surface area contributed by atoms with Crippen LogP contribution in [0.25, 0.3) is 11.2 Å². The average Bonchev–Trinajstić information content (AvgIpc) is 3.56. The number of rotatable bonds is 10. The number of amides is 1. The normalized spacial score (nSPS) is 16.7. The first-order chi connectivity index (χ1) is 19.0. The van der Waals surface area contributed by atoms with Crippen LogP contribution in [0.2, 0.25) is 0 Å². The standard InChI is InChI=1S/C22H24N6O6S.C3H8O2/c1-32-22(31)14-4-2-3-13(9-14)16(29)6-7-17(30)27-35-33-10-15-5-8-18(34-15)28-12-26-19-20(23)24-11-25-21(19)28;1-3(2,4)5/h2-4,9,11-12,15,18H,5-8,10H2,1H3,(H,27,30)(H2,23,24,25);4-5H,1-2H3. The lowest BCUT2D eigenvalue weighted by Gasteiger charge is -2.15. The van der Waals surface area contributed by atoms with Crippen LogP contribution in [0.15, 0.2) is 36.9 Å². The smallest absolute Gasteiger partial charge is 0.337 e. The van der Waals surface area contributed by atoms with Crippen molar-refractivity contribution < 1.29 is 38.3 Å². The molecule has 0 aliphatic carbocycles. The van der Waals surface area contributed by atoms with Gasteiger partial charge in [0, 0.05) is 18.4 Å². The highest BCUT2D eigenvalue weighted by molar-refractivity contribution is 7.93. The summed E-state index contributed by atoms with van der Waals surface area (Å²) in [7, 11) is 1.27. The number of fused-ring (bicyclic) bond motifs is 1. The van der Waals surface area contributed by atoms with Crippen molar-refractivity contribution >= 4 is 46.9 Å². The van der Waals surface area contributed by atoms with Crippen LogP contribution in [0.3, 0.4) is 0 Å². The Kier molecular flexibility index (Phi) is 10.9. The fourth-order valence-corrected chi connectivity index (χ4v) is 4.11. The van der Waals surface area contributed by atoms with Crippen molar-refractivity contribution in [2.24, 2.45) is 0 Å². The van der Waals surface area contributed by atoms with Gasteiger partial charge in [-0.05, 0) is 38.8 Å². The predicted octanol–water partition coefficient (Wildman–Crippen LogP) is 1.94. The molecule has 216 valence electrons. The summed E-state index contributed by atoms with van der Waals surface area (Å²) in [6, 6.07) is 6.19. The molecule has 1 fully saturated rings. The summed E-state index contributed by atoms with van der Waals surface area (Å²) in [5.74, 6) is -2.31. The summed E-state index contributed by atoms with van der Waals surface area (Å²) in [6.07, 6.45) is 4.10. The molecule has 0 radical (unpaired) electrons. The third kappa shape index (κ3) is 9.24. The average molecular weight is 577 g/mol. The third-order valence-corrected chi connectivity index (χ3v) is 6.00. The van der Waals surface area contributed by atoms with Crippen LogP contribution in [0.4, 0.5) is 5.82 Å². The van der Waals surface area contributed by atoms with Gasteiger partial charge < -0.3 is 25.4 Å². The van der Waals surface area contributed by atoms with Gasteiger partial charge in [0.15, 0.2) is 23.0 Å². The second-order valence-electron chi connectivity index (χ2n) is 9.26. The van der Waals surface area contributed by atoms with Crippen LogP contribution in [-0.4, -0.2) is 73.0 Å². The van der Waals surface area contributed by atoms with Crippen molar-refractivity contribution in [1.82, 2.24) is 24.2 Å². The number of imidazole rings is 1. The molecule has 0 spiro atoms. The Labute approximate surface area is 234 Å². The molecule has 1 aromatic carbocycles. The van der Waals surface area contributed by atoms with Gasteiger partial charge in [0.25, 0.3) is 0 Å². The molecule has 2 aromatic heterocycles. The molecule has 40 heavy (non-hydrogen) atoms. The van der Waals surface area contributed by atoms with Crippen LogP contribution >= 0.6 is 12.2 Å². The van der Waals surface area contributed by atoms with E-state index in [2.05, 4.69) is 24.4 Å².